The van der Waals surface area contributed by atoms with Crippen LogP contribution < -0.4 is 10.6 Å². The fourth-order valence-corrected chi connectivity index (χ4v) is 2.59. The molecule has 0 saturated heterocycles. The maximum absolute atomic E-state index is 10.7. The van der Waals surface area contributed by atoms with Crippen molar-refractivity contribution in [1.29, 1.82) is 0 Å². The van der Waals surface area contributed by atoms with E-state index in [0.29, 0.717) is 18.3 Å². The molecule has 0 amide bonds. The quantitative estimate of drug-likeness (QED) is 0.493. The fourth-order valence-electron chi connectivity index (χ4n) is 2.59. The topological polar surface area (TPSA) is 86.2 Å². The lowest BCUT2D eigenvalue weighted by atomic mass is 10.0. The summed E-state index contributed by atoms with van der Waals surface area (Å²) in [6, 6.07) is 7.53. The van der Waals surface area contributed by atoms with Gasteiger partial charge in [-0.05, 0) is 59.1 Å². The third-order valence-corrected chi connectivity index (χ3v) is 4.12. The highest BCUT2D eigenvalue weighted by Gasteiger charge is 2.27. The van der Waals surface area contributed by atoms with E-state index in [1.54, 1.807) is 19.3 Å². The Morgan fingerprint density at radius 1 is 1.31 bits per heavy atom. The molecule has 7 heteroatoms. The van der Waals surface area contributed by atoms with Crippen LogP contribution in [-0.2, 0) is 5.60 Å². The standard InChI is InChI=1S/C19H30N4O3/c1-6-20-18(21-12-15(23(4)5)16-8-7-11-25-16)22-13-19(3,24)17-10-9-14(2)26-17/h7-11,15,24H,6,12-13H2,1-5H3,(H2,20,21,22). The van der Waals surface area contributed by atoms with Gasteiger partial charge in [0.2, 0.25) is 0 Å². The highest BCUT2D eigenvalue weighted by atomic mass is 16.4. The van der Waals surface area contributed by atoms with Crippen LogP contribution in [0.3, 0.4) is 0 Å². The molecule has 0 aliphatic heterocycles. The van der Waals surface area contributed by atoms with Gasteiger partial charge in [0, 0.05) is 13.1 Å². The first-order chi connectivity index (χ1) is 12.3. The van der Waals surface area contributed by atoms with E-state index in [1.165, 1.54) is 0 Å². The van der Waals surface area contributed by atoms with Crippen molar-refractivity contribution in [3.05, 3.63) is 47.8 Å². The molecule has 2 heterocycles. The van der Waals surface area contributed by atoms with Gasteiger partial charge in [0.25, 0.3) is 0 Å². The van der Waals surface area contributed by atoms with Crippen LogP contribution in [0.5, 0.6) is 0 Å². The minimum Gasteiger partial charge on any atom is -0.468 e. The average Bonchev–Trinajstić information content (AvgIpc) is 3.24. The molecule has 2 atom stereocenters. The zero-order chi connectivity index (χ0) is 19.2. The van der Waals surface area contributed by atoms with Crippen molar-refractivity contribution >= 4 is 5.96 Å². The molecule has 2 rings (SSSR count). The van der Waals surface area contributed by atoms with E-state index in [9.17, 15) is 5.11 Å². The molecular weight excluding hydrogens is 332 g/mol. The Kier molecular flexibility index (Phi) is 6.88. The highest BCUT2D eigenvalue weighted by molar-refractivity contribution is 5.79. The minimum atomic E-state index is -1.17. The number of hydrogen-bond acceptors (Lipinski definition) is 5. The number of guanidine groups is 1. The number of aliphatic imine (C=N–C) groups is 1. The third-order valence-electron chi connectivity index (χ3n) is 4.12. The Bertz CT molecular complexity index is 689. The van der Waals surface area contributed by atoms with Crippen molar-refractivity contribution in [2.24, 2.45) is 4.99 Å². The second kappa shape index (κ2) is 8.91. The second-order valence-corrected chi connectivity index (χ2v) is 6.76. The van der Waals surface area contributed by atoms with Gasteiger partial charge in [-0.15, -0.1) is 0 Å². The lowest BCUT2D eigenvalue weighted by molar-refractivity contribution is 0.0428. The maximum Gasteiger partial charge on any atom is 0.191 e. The van der Waals surface area contributed by atoms with E-state index < -0.39 is 5.60 Å². The Labute approximate surface area is 155 Å². The molecule has 3 N–H and O–H groups in total. The zero-order valence-electron chi connectivity index (χ0n) is 16.2. The molecule has 0 radical (unpaired) electrons. The third kappa shape index (κ3) is 5.37. The normalized spacial score (nSPS) is 15.7. The summed E-state index contributed by atoms with van der Waals surface area (Å²) in [6.07, 6.45) is 1.67. The number of aliphatic hydroxyl groups is 1. The second-order valence-electron chi connectivity index (χ2n) is 6.76. The number of aryl methyl sites for hydroxylation is 1. The summed E-state index contributed by atoms with van der Waals surface area (Å²) in [7, 11) is 4.01. The smallest absolute Gasteiger partial charge is 0.191 e. The molecule has 0 spiro atoms. The largest absolute Gasteiger partial charge is 0.468 e. The zero-order valence-corrected chi connectivity index (χ0v) is 16.2. The Morgan fingerprint density at radius 3 is 2.62 bits per heavy atom. The van der Waals surface area contributed by atoms with Crippen molar-refractivity contribution in [1.82, 2.24) is 15.5 Å². The summed E-state index contributed by atoms with van der Waals surface area (Å²) in [5, 5.41) is 17.2. The number of nitrogens with zero attached hydrogens (tertiary/aromatic N) is 2. The molecule has 2 aromatic heterocycles. The van der Waals surface area contributed by atoms with Gasteiger partial charge in [0.05, 0.1) is 18.8 Å². The van der Waals surface area contributed by atoms with E-state index in [0.717, 1.165) is 18.1 Å². The highest BCUT2D eigenvalue weighted by Crippen LogP contribution is 2.23. The van der Waals surface area contributed by atoms with Gasteiger partial charge >= 0.3 is 0 Å². The molecule has 7 nitrogen and oxygen atoms in total. The van der Waals surface area contributed by atoms with E-state index in [2.05, 4.69) is 20.5 Å². The number of rotatable bonds is 8. The van der Waals surface area contributed by atoms with Crippen molar-refractivity contribution < 1.29 is 13.9 Å². The predicted molar refractivity (Wildman–Crippen MR) is 102 cm³/mol. The Hall–Kier alpha value is -2.25. The molecule has 0 bridgehead atoms. The van der Waals surface area contributed by atoms with E-state index in [1.807, 2.05) is 46.1 Å². The van der Waals surface area contributed by atoms with Crippen molar-refractivity contribution in [2.75, 3.05) is 33.7 Å². The molecule has 144 valence electrons. The molecule has 2 aromatic rings. The summed E-state index contributed by atoms with van der Waals surface area (Å²) in [5.41, 5.74) is -1.17. The SMILES string of the molecule is CCNC(=NCC(C)(O)c1ccc(C)o1)NCC(c1ccco1)N(C)C. The monoisotopic (exact) mass is 362 g/mol. The predicted octanol–water partition coefficient (Wildman–Crippen LogP) is 2.25. The molecule has 0 aliphatic rings. The van der Waals surface area contributed by atoms with Gasteiger partial charge in [-0.1, -0.05) is 0 Å². The van der Waals surface area contributed by atoms with Crippen LogP contribution in [-0.4, -0.2) is 49.7 Å². The number of likely N-dealkylation sites (N-methyl/N-ethyl adjacent to an activating group) is 1. The van der Waals surface area contributed by atoms with E-state index in [-0.39, 0.29) is 12.6 Å². The van der Waals surface area contributed by atoms with Crippen molar-refractivity contribution in [2.45, 2.75) is 32.4 Å². The van der Waals surface area contributed by atoms with Gasteiger partial charge in [0.1, 0.15) is 22.9 Å². The molecule has 0 aromatic carbocycles. The van der Waals surface area contributed by atoms with E-state index in [4.69, 9.17) is 8.83 Å². The molecular formula is C19H30N4O3. The molecule has 2 unspecified atom stereocenters. The fraction of sp³-hybridized carbons (Fsp3) is 0.526. The van der Waals surface area contributed by atoms with Crippen molar-refractivity contribution in [3.63, 3.8) is 0 Å². The Morgan fingerprint density at radius 2 is 2.08 bits per heavy atom. The minimum absolute atomic E-state index is 0.0714. The summed E-state index contributed by atoms with van der Waals surface area (Å²) in [5.74, 6) is 2.80. The lowest BCUT2D eigenvalue weighted by Gasteiger charge is -2.24. The first kappa shape index (κ1) is 20.1. The summed E-state index contributed by atoms with van der Waals surface area (Å²) >= 11 is 0. The van der Waals surface area contributed by atoms with Crippen LogP contribution in [0.15, 0.2) is 44.4 Å². The summed E-state index contributed by atoms with van der Waals surface area (Å²) < 4.78 is 11.1. The first-order valence-electron chi connectivity index (χ1n) is 8.84. The maximum atomic E-state index is 10.7. The lowest BCUT2D eigenvalue weighted by Crippen LogP contribution is -2.42. The van der Waals surface area contributed by atoms with Gasteiger partial charge < -0.3 is 24.6 Å². The van der Waals surface area contributed by atoms with Crippen LogP contribution in [0.1, 0.15) is 37.2 Å². The van der Waals surface area contributed by atoms with Crippen molar-refractivity contribution in [3.8, 4) is 0 Å². The molecule has 0 saturated carbocycles. The van der Waals surface area contributed by atoms with Gasteiger partial charge in [0.15, 0.2) is 5.96 Å². The average molecular weight is 362 g/mol. The molecule has 0 aliphatic carbocycles. The van der Waals surface area contributed by atoms with Crippen LogP contribution >= 0.6 is 0 Å². The Balaban J connectivity index is 2.04. The summed E-state index contributed by atoms with van der Waals surface area (Å²) in [6.45, 7) is 7.08. The van der Waals surface area contributed by atoms with Gasteiger partial charge in [-0.3, -0.25) is 4.90 Å². The van der Waals surface area contributed by atoms with Crippen LogP contribution in [0.25, 0.3) is 0 Å². The van der Waals surface area contributed by atoms with Crippen LogP contribution in [0, 0.1) is 6.92 Å². The molecule has 0 fully saturated rings. The number of nitrogens with one attached hydrogen (secondary N) is 2. The van der Waals surface area contributed by atoms with Gasteiger partial charge in [-0.25, -0.2) is 4.99 Å². The summed E-state index contributed by atoms with van der Waals surface area (Å²) in [4.78, 5) is 6.60. The van der Waals surface area contributed by atoms with Crippen LogP contribution in [0.4, 0.5) is 0 Å². The van der Waals surface area contributed by atoms with Crippen LogP contribution in [0.2, 0.25) is 0 Å². The van der Waals surface area contributed by atoms with E-state index >= 15 is 0 Å². The first-order valence-corrected chi connectivity index (χ1v) is 8.84. The molecule has 26 heavy (non-hydrogen) atoms. The number of hydrogen-bond donors (Lipinski definition) is 3. The van der Waals surface area contributed by atoms with Gasteiger partial charge in [-0.2, -0.15) is 0 Å². The number of furan rings is 2.